The molecule has 69 heavy (non-hydrogen) atoms. The lowest BCUT2D eigenvalue weighted by atomic mass is 10.0. The van der Waals surface area contributed by atoms with Gasteiger partial charge in [-0.1, -0.05) is 261 Å². The Labute approximate surface area is 428 Å². The maximum Gasteiger partial charge on any atom is 0.306 e. The van der Waals surface area contributed by atoms with Crippen molar-refractivity contribution in [3.63, 3.8) is 0 Å². The molecular weight excluding hydrogens is 853 g/mol. The summed E-state index contributed by atoms with van der Waals surface area (Å²) in [4.78, 5) is 38.1. The van der Waals surface area contributed by atoms with Crippen LogP contribution in [-0.4, -0.2) is 37.2 Å². The van der Waals surface area contributed by atoms with Crippen molar-refractivity contribution in [2.24, 2.45) is 0 Å². The minimum absolute atomic E-state index is 0.0746. The van der Waals surface area contributed by atoms with Crippen molar-refractivity contribution in [3.05, 3.63) is 60.8 Å². The molecule has 0 aliphatic rings. The van der Waals surface area contributed by atoms with Crippen molar-refractivity contribution in [3.8, 4) is 0 Å². The fraction of sp³-hybridized carbons (Fsp3) is 0.794. The zero-order valence-electron chi connectivity index (χ0n) is 45.8. The summed E-state index contributed by atoms with van der Waals surface area (Å²) < 4.78 is 16.9. The van der Waals surface area contributed by atoms with E-state index in [4.69, 9.17) is 14.2 Å². The zero-order valence-corrected chi connectivity index (χ0v) is 45.8. The van der Waals surface area contributed by atoms with E-state index in [0.717, 1.165) is 89.9 Å². The molecule has 6 nitrogen and oxygen atoms in total. The number of esters is 3. The summed E-state index contributed by atoms with van der Waals surface area (Å²) in [6.07, 6.45) is 72.2. The van der Waals surface area contributed by atoms with Gasteiger partial charge in [0.2, 0.25) is 0 Å². The van der Waals surface area contributed by atoms with Crippen LogP contribution in [0, 0.1) is 0 Å². The molecule has 1 atom stereocenters. The summed E-state index contributed by atoms with van der Waals surface area (Å²) in [6, 6.07) is 0. The van der Waals surface area contributed by atoms with Crippen molar-refractivity contribution >= 4 is 17.9 Å². The maximum absolute atomic E-state index is 12.8. The Balaban J connectivity index is 4.23. The molecule has 1 unspecified atom stereocenters. The number of carbonyl (C=O) groups excluding carboxylic acids is 3. The van der Waals surface area contributed by atoms with E-state index in [1.165, 1.54) is 173 Å². The molecule has 0 rings (SSSR count). The first-order valence-electron chi connectivity index (χ1n) is 29.8. The Bertz CT molecular complexity index is 1250. The van der Waals surface area contributed by atoms with Crippen LogP contribution in [0.2, 0.25) is 0 Å². The van der Waals surface area contributed by atoms with Gasteiger partial charge in [-0.3, -0.25) is 14.4 Å². The van der Waals surface area contributed by atoms with Crippen LogP contribution in [0.4, 0.5) is 0 Å². The van der Waals surface area contributed by atoms with E-state index in [1.54, 1.807) is 0 Å². The highest BCUT2D eigenvalue weighted by atomic mass is 16.6. The minimum atomic E-state index is -0.776. The van der Waals surface area contributed by atoms with Gasteiger partial charge < -0.3 is 14.2 Å². The van der Waals surface area contributed by atoms with Gasteiger partial charge in [0.05, 0.1) is 0 Å². The first kappa shape index (κ1) is 66.1. The molecule has 0 bridgehead atoms. The Hall–Kier alpha value is -2.89. The van der Waals surface area contributed by atoms with E-state index in [-0.39, 0.29) is 31.1 Å². The van der Waals surface area contributed by atoms with Crippen LogP contribution in [-0.2, 0) is 28.6 Å². The molecule has 0 saturated heterocycles. The summed E-state index contributed by atoms with van der Waals surface area (Å²) in [7, 11) is 0. The predicted molar refractivity (Wildman–Crippen MR) is 298 cm³/mol. The van der Waals surface area contributed by atoms with Crippen LogP contribution in [0.25, 0.3) is 0 Å². The first-order valence-corrected chi connectivity index (χ1v) is 29.8. The molecule has 0 aliphatic heterocycles. The molecule has 0 radical (unpaired) electrons. The third-order valence-corrected chi connectivity index (χ3v) is 13.0. The highest BCUT2D eigenvalue weighted by Crippen LogP contribution is 2.16. The van der Waals surface area contributed by atoms with Crippen molar-refractivity contribution in [1.29, 1.82) is 0 Å². The second-order valence-electron chi connectivity index (χ2n) is 19.9. The number of hydrogen-bond donors (Lipinski definition) is 0. The molecule has 0 fully saturated rings. The predicted octanol–water partition coefficient (Wildman–Crippen LogP) is 20.0. The maximum atomic E-state index is 12.8. The van der Waals surface area contributed by atoms with Gasteiger partial charge in [0.1, 0.15) is 13.2 Å². The average Bonchev–Trinajstić information content (AvgIpc) is 3.35. The molecule has 0 aliphatic carbocycles. The van der Waals surface area contributed by atoms with Crippen LogP contribution in [0.1, 0.15) is 303 Å². The fourth-order valence-corrected chi connectivity index (χ4v) is 8.55. The second kappa shape index (κ2) is 57.7. The van der Waals surface area contributed by atoms with E-state index in [0.29, 0.717) is 19.3 Å². The van der Waals surface area contributed by atoms with Gasteiger partial charge in [-0.15, -0.1) is 0 Å². The molecule has 0 aromatic rings. The number of allylic oxidation sites excluding steroid dienone is 10. The lowest BCUT2D eigenvalue weighted by Crippen LogP contribution is -2.30. The number of hydrogen-bond acceptors (Lipinski definition) is 6. The second-order valence-corrected chi connectivity index (χ2v) is 19.9. The van der Waals surface area contributed by atoms with E-state index in [1.807, 2.05) is 0 Å². The van der Waals surface area contributed by atoms with Gasteiger partial charge in [-0.05, 0) is 83.5 Å². The monoisotopic (exact) mass is 965 g/mol. The zero-order chi connectivity index (χ0) is 50.0. The van der Waals surface area contributed by atoms with Crippen molar-refractivity contribution in [2.45, 2.75) is 309 Å². The summed E-state index contributed by atoms with van der Waals surface area (Å²) in [5.74, 6) is -0.874. The molecule has 400 valence electrons. The molecule has 0 saturated carbocycles. The number of unbranched alkanes of at least 4 members (excludes halogenated alkanes) is 33. The van der Waals surface area contributed by atoms with E-state index in [2.05, 4.69) is 81.5 Å². The Kier molecular flexibility index (Phi) is 55.3. The van der Waals surface area contributed by atoms with Gasteiger partial charge >= 0.3 is 17.9 Å². The molecule has 0 aromatic carbocycles. The van der Waals surface area contributed by atoms with Crippen LogP contribution in [0.15, 0.2) is 60.8 Å². The van der Waals surface area contributed by atoms with Crippen LogP contribution in [0.5, 0.6) is 0 Å². The smallest absolute Gasteiger partial charge is 0.306 e. The quantitative estimate of drug-likeness (QED) is 0.0262. The van der Waals surface area contributed by atoms with Crippen LogP contribution >= 0.6 is 0 Å². The minimum Gasteiger partial charge on any atom is -0.462 e. The molecular formula is C63H112O6. The van der Waals surface area contributed by atoms with Crippen molar-refractivity contribution < 1.29 is 28.6 Å². The molecule has 0 aromatic heterocycles. The normalized spacial score (nSPS) is 12.4. The molecule has 0 heterocycles. The highest BCUT2D eigenvalue weighted by molar-refractivity contribution is 5.71. The molecule has 0 spiro atoms. The topological polar surface area (TPSA) is 78.9 Å². The van der Waals surface area contributed by atoms with Crippen molar-refractivity contribution in [2.75, 3.05) is 13.2 Å². The Morgan fingerprint density at radius 2 is 0.565 bits per heavy atom. The van der Waals surface area contributed by atoms with Crippen molar-refractivity contribution in [1.82, 2.24) is 0 Å². The van der Waals surface area contributed by atoms with Gasteiger partial charge in [0.25, 0.3) is 0 Å². The first-order chi connectivity index (χ1) is 34.0. The van der Waals surface area contributed by atoms with Crippen LogP contribution in [0.3, 0.4) is 0 Å². The Morgan fingerprint density at radius 3 is 0.899 bits per heavy atom. The molecule has 0 amide bonds. The molecule has 0 N–H and O–H groups in total. The van der Waals surface area contributed by atoms with Gasteiger partial charge in [-0.25, -0.2) is 0 Å². The fourth-order valence-electron chi connectivity index (χ4n) is 8.55. The lowest BCUT2D eigenvalue weighted by molar-refractivity contribution is -0.167. The van der Waals surface area contributed by atoms with Gasteiger partial charge in [-0.2, -0.15) is 0 Å². The SMILES string of the molecule is CC/C=C\C/C=C\C/C=C\C/C=C\CCCCCCCCCCCCCCC(=O)OCC(COC(=O)CCCCCCCCCCCC)OC(=O)CCCCCCC/C=C\CCCCCCCCC. The van der Waals surface area contributed by atoms with E-state index < -0.39 is 6.10 Å². The number of ether oxygens (including phenoxy) is 3. The van der Waals surface area contributed by atoms with E-state index >= 15 is 0 Å². The third-order valence-electron chi connectivity index (χ3n) is 13.0. The van der Waals surface area contributed by atoms with Gasteiger partial charge in [0.15, 0.2) is 6.10 Å². The summed E-state index contributed by atoms with van der Waals surface area (Å²) in [5.41, 5.74) is 0. The number of carbonyl (C=O) groups is 3. The average molecular weight is 966 g/mol. The highest BCUT2D eigenvalue weighted by Gasteiger charge is 2.19. The third kappa shape index (κ3) is 55.9. The summed E-state index contributed by atoms with van der Waals surface area (Å²) in [5, 5.41) is 0. The van der Waals surface area contributed by atoms with E-state index in [9.17, 15) is 14.4 Å². The Morgan fingerprint density at radius 1 is 0.304 bits per heavy atom. The molecule has 6 heteroatoms. The number of rotatable bonds is 54. The summed E-state index contributed by atoms with van der Waals surface area (Å²) >= 11 is 0. The van der Waals surface area contributed by atoms with Gasteiger partial charge in [0, 0.05) is 19.3 Å². The lowest BCUT2D eigenvalue weighted by Gasteiger charge is -2.18. The summed E-state index contributed by atoms with van der Waals surface area (Å²) in [6.45, 7) is 6.53. The standard InChI is InChI=1S/C63H112O6/c1-4-7-10-13-16-19-22-24-26-28-29-30-31-32-33-34-35-36-38-39-41-44-47-50-53-56-62(65)68-59-60(58-67-61(64)55-52-49-46-43-21-18-15-12-9-6-3)69-63(66)57-54-51-48-45-42-40-37-27-25-23-20-17-14-11-8-5-2/h7,10,16,19,24,26-27,29-30,37,60H,4-6,8-9,11-15,17-18,20-23,25,28,31-36,38-59H2,1-3H3/b10-7-,19-16-,26-24-,30-29-,37-27-. The van der Waals surface area contributed by atoms with Crippen LogP contribution < -0.4 is 0 Å². The largest absolute Gasteiger partial charge is 0.462 e.